The van der Waals surface area contributed by atoms with Crippen LogP contribution in [-0.2, 0) is 28.4 Å². The molecule has 0 aromatic heterocycles. The predicted octanol–water partition coefficient (Wildman–Crippen LogP) is -1.28. The highest BCUT2D eigenvalue weighted by Gasteiger charge is 2.28. The van der Waals surface area contributed by atoms with E-state index in [9.17, 15) is 0 Å². The quantitative estimate of drug-likeness (QED) is 0.297. The Bertz CT molecular complexity index is 303. The van der Waals surface area contributed by atoms with E-state index in [1.165, 1.54) is 0 Å². The minimum Gasteiger partial charge on any atom is -0.494 e. The first-order valence-electron chi connectivity index (χ1n) is 6.25. The van der Waals surface area contributed by atoms with Crippen molar-refractivity contribution in [1.29, 1.82) is 0 Å². The Balaban J connectivity index is 1.47. The molecule has 0 saturated carbocycles. The molecule has 3 rings (SSSR count). The number of epoxide rings is 3. The summed E-state index contributed by atoms with van der Waals surface area (Å²) in [5.41, 5.74) is 0. The first-order valence-corrected chi connectivity index (χ1v) is 7.25. The van der Waals surface area contributed by atoms with Gasteiger partial charge >= 0.3 is 5.95 Å². The molecule has 3 fully saturated rings. The molecule has 0 aliphatic carbocycles. The van der Waals surface area contributed by atoms with Gasteiger partial charge in [-0.25, -0.2) is 0 Å². The van der Waals surface area contributed by atoms with Crippen molar-refractivity contribution in [3.63, 3.8) is 0 Å². The highest BCUT2D eigenvalue weighted by atomic mass is 28.1. The van der Waals surface area contributed by atoms with Gasteiger partial charge in [-0.1, -0.05) is 0 Å². The van der Waals surface area contributed by atoms with Gasteiger partial charge in [0.25, 0.3) is 0 Å². The van der Waals surface area contributed by atoms with Crippen molar-refractivity contribution in [3.8, 4) is 0 Å². The van der Waals surface area contributed by atoms with Crippen LogP contribution in [0.5, 0.6) is 0 Å². The Morgan fingerprint density at radius 3 is 1.61 bits per heavy atom. The van der Waals surface area contributed by atoms with Crippen LogP contribution >= 0.6 is 0 Å². The maximum Gasteiger partial charge on any atom is 0.312 e. The lowest BCUT2D eigenvalue weighted by Crippen LogP contribution is -2.13. The average molecular weight is 274 g/mol. The minimum absolute atomic E-state index is 0.210. The third kappa shape index (κ3) is 4.16. The molecule has 6 nitrogen and oxygen atoms in total. The predicted molar refractivity (Wildman–Crippen MR) is 64.0 cm³/mol. The van der Waals surface area contributed by atoms with Crippen LogP contribution in [0, 0.1) is 0 Å². The smallest absolute Gasteiger partial charge is 0.312 e. The standard InChI is InChI=1S/C11H18O6Si/c18-11(17-6-9-3-14-9)10(15-4-7-1-12-7)16-5-8-2-13-8/h7-9H,1-6H2,18H3. The van der Waals surface area contributed by atoms with Crippen LogP contribution in [0.1, 0.15) is 0 Å². The van der Waals surface area contributed by atoms with Crippen LogP contribution in [0.2, 0.25) is 0 Å². The summed E-state index contributed by atoms with van der Waals surface area (Å²) in [4.78, 5) is 0. The molecular formula is C11H18O6Si. The lowest BCUT2D eigenvalue weighted by atomic mass is 10.5. The van der Waals surface area contributed by atoms with Gasteiger partial charge in [-0.05, 0) is 0 Å². The minimum atomic E-state index is 0.210. The van der Waals surface area contributed by atoms with Crippen LogP contribution in [-0.4, -0.2) is 68.2 Å². The van der Waals surface area contributed by atoms with Crippen molar-refractivity contribution in [2.24, 2.45) is 0 Å². The summed E-state index contributed by atoms with van der Waals surface area (Å²) in [6, 6.07) is 0. The zero-order valence-corrected chi connectivity index (χ0v) is 12.4. The van der Waals surface area contributed by atoms with Crippen LogP contribution in [0.4, 0.5) is 0 Å². The third-order valence-electron chi connectivity index (χ3n) is 2.78. The van der Waals surface area contributed by atoms with Gasteiger partial charge in [0, 0.05) is 0 Å². The Hall–Kier alpha value is -0.763. The average Bonchev–Trinajstić information content (AvgIpc) is 3.23. The maximum atomic E-state index is 5.62. The van der Waals surface area contributed by atoms with E-state index in [0.29, 0.717) is 25.8 Å². The molecule has 3 saturated heterocycles. The monoisotopic (exact) mass is 274 g/mol. The van der Waals surface area contributed by atoms with E-state index in [0.717, 1.165) is 35.4 Å². The number of hydrogen-bond donors (Lipinski definition) is 0. The van der Waals surface area contributed by atoms with E-state index in [4.69, 9.17) is 28.4 Å². The van der Waals surface area contributed by atoms with E-state index < -0.39 is 0 Å². The summed E-state index contributed by atoms with van der Waals surface area (Å²) in [6.45, 7) is 3.96. The Labute approximate surface area is 109 Å². The van der Waals surface area contributed by atoms with E-state index in [-0.39, 0.29) is 18.3 Å². The largest absolute Gasteiger partial charge is 0.494 e. The fourth-order valence-corrected chi connectivity index (χ4v) is 1.81. The number of rotatable bonds is 9. The van der Waals surface area contributed by atoms with Crippen LogP contribution in [0.3, 0.4) is 0 Å². The second kappa shape index (κ2) is 5.48. The Morgan fingerprint density at radius 1 is 0.833 bits per heavy atom. The molecule has 0 spiro atoms. The zero-order valence-electron chi connectivity index (χ0n) is 10.4. The first-order chi connectivity index (χ1) is 8.81. The van der Waals surface area contributed by atoms with Gasteiger partial charge in [0.15, 0.2) is 0 Å². The third-order valence-corrected chi connectivity index (χ3v) is 3.48. The van der Waals surface area contributed by atoms with E-state index in [1.807, 2.05) is 0 Å². The van der Waals surface area contributed by atoms with Crippen molar-refractivity contribution >= 4 is 10.2 Å². The second-order valence-corrected chi connectivity index (χ2v) is 5.55. The molecule has 0 bridgehead atoms. The summed E-state index contributed by atoms with van der Waals surface area (Å²) in [7, 11) is 0.737. The van der Waals surface area contributed by atoms with Crippen molar-refractivity contribution < 1.29 is 28.4 Å². The SMILES string of the molecule is [SiH3]C(OCC1CO1)=C(OCC1CO1)OCC1CO1. The molecule has 3 heterocycles. The van der Waals surface area contributed by atoms with Gasteiger partial charge in [0.2, 0.25) is 0 Å². The molecule has 0 N–H and O–H groups in total. The Kier molecular flexibility index (Phi) is 3.74. The molecule has 18 heavy (non-hydrogen) atoms. The van der Waals surface area contributed by atoms with Gasteiger partial charge in [-0.15, -0.1) is 0 Å². The lowest BCUT2D eigenvalue weighted by molar-refractivity contribution is 0.00725. The molecule has 3 aliphatic heterocycles. The fraction of sp³-hybridized carbons (Fsp3) is 0.818. The maximum absolute atomic E-state index is 5.62. The molecule has 3 atom stereocenters. The van der Waals surface area contributed by atoms with E-state index in [1.54, 1.807) is 0 Å². The summed E-state index contributed by atoms with van der Waals surface area (Å²) < 4.78 is 32.1. The summed E-state index contributed by atoms with van der Waals surface area (Å²) in [5, 5.41) is 0.784. The van der Waals surface area contributed by atoms with Crippen molar-refractivity contribution in [1.82, 2.24) is 0 Å². The van der Waals surface area contributed by atoms with Gasteiger partial charge in [0.05, 0.1) is 30.1 Å². The normalized spacial score (nSPS) is 31.7. The van der Waals surface area contributed by atoms with Crippen LogP contribution in [0.25, 0.3) is 0 Å². The molecule has 0 amide bonds. The number of hydrogen-bond acceptors (Lipinski definition) is 6. The van der Waals surface area contributed by atoms with Gasteiger partial charge < -0.3 is 28.4 Å². The zero-order chi connectivity index (χ0) is 12.4. The molecule has 102 valence electrons. The highest BCUT2D eigenvalue weighted by Crippen LogP contribution is 2.18. The summed E-state index contributed by atoms with van der Waals surface area (Å²) in [6.07, 6.45) is 0.665. The second-order valence-electron chi connectivity index (χ2n) is 4.64. The van der Waals surface area contributed by atoms with Crippen molar-refractivity contribution in [2.45, 2.75) is 18.3 Å². The fourth-order valence-electron chi connectivity index (χ4n) is 1.35. The van der Waals surface area contributed by atoms with Gasteiger partial charge in [0.1, 0.15) is 43.5 Å². The van der Waals surface area contributed by atoms with Crippen LogP contribution in [0.15, 0.2) is 11.3 Å². The molecular weight excluding hydrogens is 256 g/mol. The molecule has 7 heteroatoms. The topological polar surface area (TPSA) is 65.3 Å². The molecule has 0 aromatic carbocycles. The molecule has 3 aliphatic rings. The van der Waals surface area contributed by atoms with Gasteiger partial charge in [-0.2, -0.15) is 0 Å². The molecule has 3 unspecified atom stereocenters. The molecule has 0 radical (unpaired) electrons. The Morgan fingerprint density at radius 2 is 1.22 bits per heavy atom. The summed E-state index contributed by atoms with van der Waals surface area (Å²) >= 11 is 0. The van der Waals surface area contributed by atoms with E-state index >= 15 is 0 Å². The first kappa shape index (κ1) is 12.3. The number of ether oxygens (including phenoxy) is 6. The van der Waals surface area contributed by atoms with Crippen molar-refractivity contribution in [3.05, 3.63) is 11.3 Å². The summed E-state index contributed by atoms with van der Waals surface area (Å²) in [5.74, 6) is 0.494. The molecule has 0 aromatic rings. The van der Waals surface area contributed by atoms with Gasteiger partial charge in [-0.3, -0.25) is 0 Å². The highest BCUT2D eigenvalue weighted by molar-refractivity contribution is 6.20. The lowest BCUT2D eigenvalue weighted by Gasteiger charge is -2.14. The van der Waals surface area contributed by atoms with Crippen LogP contribution < -0.4 is 0 Å². The van der Waals surface area contributed by atoms with E-state index in [2.05, 4.69) is 0 Å². The van der Waals surface area contributed by atoms with Crippen molar-refractivity contribution in [2.75, 3.05) is 39.6 Å².